The molecule has 4 nitrogen and oxygen atoms in total. The summed E-state index contributed by atoms with van der Waals surface area (Å²) in [4.78, 5) is 0.245. The van der Waals surface area contributed by atoms with Gasteiger partial charge in [0.1, 0.15) is 5.75 Å². The average molecular weight is 331 g/mol. The van der Waals surface area contributed by atoms with Gasteiger partial charge >= 0.3 is 0 Å². The van der Waals surface area contributed by atoms with E-state index >= 15 is 0 Å². The fraction of sp³-hybridized carbons (Fsp3) is 0.333. The molecular formula is C18H21NO3S. The lowest BCUT2D eigenvalue weighted by Gasteiger charge is -2.20. The zero-order valence-corrected chi connectivity index (χ0v) is 14.0. The summed E-state index contributed by atoms with van der Waals surface area (Å²) in [6, 6.07) is 12.3. The number of benzene rings is 2. The summed E-state index contributed by atoms with van der Waals surface area (Å²) in [5, 5.41) is 0. The van der Waals surface area contributed by atoms with Gasteiger partial charge in [0.15, 0.2) is 0 Å². The van der Waals surface area contributed by atoms with Gasteiger partial charge in [0.25, 0.3) is 10.0 Å². The zero-order valence-electron chi connectivity index (χ0n) is 13.2. The molecule has 0 spiro atoms. The molecule has 0 unspecified atom stereocenters. The molecule has 0 fully saturated rings. The predicted molar refractivity (Wildman–Crippen MR) is 91.5 cm³/mol. The number of rotatable bonds is 5. The number of anilines is 1. The van der Waals surface area contributed by atoms with Crippen molar-refractivity contribution < 1.29 is 13.2 Å². The molecule has 3 rings (SSSR count). The van der Waals surface area contributed by atoms with E-state index in [0.29, 0.717) is 18.0 Å². The maximum Gasteiger partial charge on any atom is 0.261 e. The molecular weight excluding hydrogens is 310 g/mol. The summed E-state index contributed by atoms with van der Waals surface area (Å²) in [5.41, 5.74) is 3.09. The second kappa shape index (κ2) is 6.62. The largest absolute Gasteiger partial charge is 0.494 e. The molecule has 1 N–H and O–H groups in total. The van der Waals surface area contributed by atoms with Crippen LogP contribution in [0.1, 0.15) is 30.9 Å². The van der Waals surface area contributed by atoms with Crippen LogP contribution in [-0.4, -0.2) is 15.0 Å². The highest BCUT2D eigenvalue weighted by molar-refractivity contribution is 7.92. The van der Waals surface area contributed by atoms with Crippen molar-refractivity contribution in [3.8, 4) is 5.75 Å². The maximum absolute atomic E-state index is 12.6. The Balaban J connectivity index is 1.86. The number of hydrogen-bond acceptors (Lipinski definition) is 3. The first-order valence-electron chi connectivity index (χ1n) is 7.96. The van der Waals surface area contributed by atoms with Crippen LogP contribution in [0.25, 0.3) is 0 Å². The third kappa shape index (κ3) is 3.50. The molecule has 0 atom stereocenters. The van der Waals surface area contributed by atoms with Gasteiger partial charge in [-0.1, -0.05) is 12.1 Å². The third-order valence-electron chi connectivity index (χ3n) is 4.09. The van der Waals surface area contributed by atoms with Crippen molar-refractivity contribution in [3.05, 3.63) is 53.6 Å². The minimum Gasteiger partial charge on any atom is -0.494 e. The molecule has 122 valence electrons. The Morgan fingerprint density at radius 3 is 2.52 bits per heavy atom. The van der Waals surface area contributed by atoms with Gasteiger partial charge in [0, 0.05) is 0 Å². The number of nitrogens with one attached hydrogen (secondary N) is 1. The molecule has 1 aliphatic carbocycles. The van der Waals surface area contributed by atoms with Crippen molar-refractivity contribution in [2.24, 2.45) is 0 Å². The highest BCUT2D eigenvalue weighted by Gasteiger charge is 2.19. The van der Waals surface area contributed by atoms with Gasteiger partial charge in [0.05, 0.1) is 17.2 Å². The van der Waals surface area contributed by atoms with Crippen LogP contribution in [0.2, 0.25) is 0 Å². The van der Waals surface area contributed by atoms with Gasteiger partial charge in [-0.15, -0.1) is 0 Å². The first-order chi connectivity index (χ1) is 11.1. The van der Waals surface area contributed by atoms with Crippen LogP contribution in [0, 0.1) is 0 Å². The lowest BCUT2D eigenvalue weighted by molar-refractivity contribution is 0.340. The van der Waals surface area contributed by atoms with Crippen molar-refractivity contribution in [2.45, 2.75) is 37.5 Å². The quantitative estimate of drug-likeness (QED) is 0.907. The number of ether oxygens (including phenoxy) is 1. The van der Waals surface area contributed by atoms with Gasteiger partial charge in [0.2, 0.25) is 0 Å². The molecule has 1 aliphatic rings. The average Bonchev–Trinajstić information content (AvgIpc) is 2.56. The summed E-state index contributed by atoms with van der Waals surface area (Å²) >= 11 is 0. The first kappa shape index (κ1) is 15.9. The predicted octanol–water partition coefficient (Wildman–Crippen LogP) is 3.76. The summed E-state index contributed by atoms with van der Waals surface area (Å²) < 4.78 is 33.3. The Labute approximate surface area is 137 Å². The Morgan fingerprint density at radius 2 is 1.78 bits per heavy atom. The normalized spacial score (nSPS) is 14.1. The van der Waals surface area contributed by atoms with Crippen LogP contribution in [0.5, 0.6) is 5.75 Å². The summed E-state index contributed by atoms with van der Waals surface area (Å²) in [5.74, 6) is 0.670. The molecule has 0 aromatic heterocycles. The molecule has 5 heteroatoms. The van der Waals surface area contributed by atoms with E-state index in [-0.39, 0.29) is 4.90 Å². The molecule has 0 saturated heterocycles. The summed E-state index contributed by atoms with van der Waals surface area (Å²) in [6.45, 7) is 2.45. The van der Waals surface area contributed by atoms with E-state index in [1.54, 1.807) is 24.3 Å². The number of hydrogen-bond donors (Lipinski definition) is 1. The molecule has 0 aliphatic heterocycles. The number of fused-ring (bicyclic) bond motifs is 1. The topological polar surface area (TPSA) is 55.4 Å². The van der Waals surface area contributed by atoms with Crippen molar-refractivity contribution in [3.63, 3.8) is 0 Å². The van der Waals surface area contributed by atoms with Gasteiger partial charge in [-0.25, -0.2) is 8.42 Å². The molecule has 2 aromatic carbocycles. The Kier molecular flexibility index (Phi) is 4.57. The minimum atomic E-state index is -3.58. The van der Waals surface area contributed by atoms with E-state index in [1.807, 2.05) is 19.1 Å². The van der Waals surface area contributed by atoms with E-state index in [0.717, 1.165) is 24.8 Å². The molecule has 0 heterocycles. The van der Waals surface area contributed by atoms with Crippen molar-refractivity contribution in [1.29, 1.82) is 0 Å². The molecule has 0 amide bonds. The fourth-order valence-corrected chi connectivity index (χ4v) is 4.06. The van der Waals surface area contributed by atoms with Crippen molar-refractivity contribution >= 4 is 15.7 Å². The molecule has 0 radical (unpaired) electrons. The third-order valence-corrected chi connectivity index (χ3v) is 5.47. The highest BCUT2D eigenvalue weighted by Crippen LogP contribution is 2.29. The zero-order chi connectivity index (χ0) is 16.3. The van der Waals surface area contributed by atoms with Crippen LogP contribution < -0.4 is 9.46 Å². The lowest BCUT2D eigenvalue weighted by Crippen LogP contribution is -2.16. The smallest absolute Gasteiger partial charge is 0.261 e. The van der Waals surface area contributed by atoms with Crippen LogP contribution in [0.4, 0.5) is 5.69 Å². The van der Waals surface area contributed by atoms with Crippen LogP contribution >= 0.6 is 0 Å². The van der Waals surface area contributed by atoms with E-state index < -0.39 is 10.0 Å². The molecule has 0 bridgehead atoms. The van der Waals surface area contributed by atoms with E-state index in [1.165, 1.54) is 12.0 Å². The van der Waals surface area contributed by atoms with Gasteiger partial charge < -0.3 is 4.74 Å². The summed E-state index contributed by atoms with van der Waals surface area (Å²) in [6.07, 6.45) is 4.22. The SMILES string of the molecule is CCOc1ccc(S(=O)(=O)Nc2cccc3c2CCCC3)cc1. The Hall–Kier alpha value is -2.01. The van der Waals surface area contributed by atoms with Gasteiger partial charge in [-0.3, -0.25) is 4.72 Å². The number of aryl methyl sites for hydroxylation is 1. The van der Waals surface area contributed by atoms with Crippen LogP contribution in [-0.2, 0) is 22.9 Å². The van der Waals surface area contributed by atoms with E-state index in [9.17, 15) is 8.42 Å². The van der Waals surface area contributed by atoms with Crippen LogP contribution in [0.15, 0.2) is 47.4 Å². The first-order valence-corrected chi connectivity index (χ1v) is 9.45. The second-order valence-corrected chi connectivity index (χ2v) is 7.34. The Morgan fingerprint density at radius 1 is 1.04 bits per heavy atom. The standard InChI is InChI=1S/C18H21NO3S/c1-2-22-15-10-12-16(13-11-15)23(20,21)19-18-9-5-7-14-6-3-4-8-17(14)18/h5,7,9-13,19H,2-4,6,8H2,1H3. The maximum atomic E-state index is 12.6. The minimum absolute atomic E-state index is 0.245. The van der Waals surface area contributed by atoms with Crippen molar-refractivity contribution in [2.75, 3.05) is 11.3 Å². The molecule has 2 aromatic rings. The van der Waals surface area contributed by atoms with Gasteiger partial charge in [-0.2, -0.15) is 0 Å². The monoisotopic (exact) mass is 331 g/mol. The van der Waals surface area contributed by atoms with Gasteiger partial charge in [-0.05, 0) is 74.1 Å². The van der Waals surface area contributed by atoms with E-state index in [4.69, 9.17) is 4.74 Å². The van der Waals surface area contributed by atoms with Crippen LogP contribution in [0.3, 0.4) is 0 Å². The lowest BCUT2D eigenvalue weighted by atomic mass is 9.91. The van der Waals surface area contributed by atoms with E-state index in [2.05, 4.69) is 10.8 Å². The molecule has 23 heavy (non-hydrogen) atoms. The molecule has 0 saturated carbocycles. The summed E-state index contributed by atoms with van der Waals surface area (Å²) in [7, 11) is -3.58. The fourth-order valence-electron chi connectivity index (χ4n) is 2.96. The van der Waals surface area contributed by atoms with Crippen molar-refractivity contribution in [1.82, 2.24) is 0 Å². The second-order valence-electron chi connectivity index (χ2n) is 5.66. The highest BCUT2D eigenvalue weighted by atomic mass is 32.2. The number of sulfonamides is 1. The Bertz CT molecular complexity index is 782.